The van der Waals surface area contributed by atoms with Crippen LogP contribution in [0, 0.1) is 6.92 Å². The van der Waals surface area contributed by atoms with E-state index in [0.717, 1.165) is 34.4 Å². The minimum atomic E-state index is -4.75. The molecule has 0 unspecified atom stereocenters. The number of fused-ring (bicyclic) bond motifs is 2. The molecular formula is C28H26F3N5O4. The Morgan fingerprint density at radius 2 is 1.80 bits per heavy atom. The topological polar surface area (TPSA) is 103 Å². The Bertz CT molecular complexity index is 1730. The molecule has 0 fully saturated rings. The first-order chi connectivity index (χ1) is 19.1. The van der Waals surface area contributed by atoms with Gasteiger partial charge in [-0.1, -0.05) is 0 Å². The second-order valence-corrected chi connectivity index (χ2v) is 9.03. The molecule has 0 aliphatic rings. The Balaban J connectivity index is 1.46. The molecule has 5 aromatic rings. The number of aromatic nitrogens is 4. The van der Waals surface area contributed by atoms with Crippen molar-refractivity contribution in [1.29, 1.82) is 0 Å². The first-order valence-electron chi connectivity index (χ1n) is 12.3. The number of methoxy groups -OCH3 is 3. The number of amides is 1. The molecule has 12 heteroatoms. The molecule has 0 aliphatic carbocycles. The summed E-state index contributed by atoms with van der Waals surface area (Å²) in [6, 6.07) is 11.2. The highest BCUT2D eigenvalue weighted by molar-refractivity contribution is 6.00. The van der Waals surface area contributed by atoms with Crippen LogP contribution < -0.4 is 19.5 Å². The number of nitrogens with zero attached hydrogens (tertiary/aromatic N) is 3. The Morgan fingerprint density at radius 1 is 1.02 bits per heavy atom. The fourth-order valence-corrected chi connectivity index (χ4v) is 4.68. The van der Waals surface area contributed by atoms with E-state index in [2.05, 4.69) is 20.4 Å². The van der Waals surface area contributed by atoms with Gasteiger partial charge in [0.05, 0.1) is 33.2 Å². The lowest BCUT2D eigenvalue weighted by atomic mass is 10.1. The largest absolute Gasteiger partial charge is 0.497 e. The van der Waals surface area contributed by atoms with Crippen molar-refractivity contribution < 1.29 is 32.2 Å². The summed E-state index contributed by atoms with van der Waals surface area (Å²) in [5, 5.41) is 7.61. The predicted molar refractivity (Wildman–Crippen MR) is 142 cm³/mol. The number of aryl methyl sites for hydroxylation is 1. The maximum absolute atomic E-state index is 14.0. The van der Waals surface area contributed by atoms with E-state index in [-0.39, 0.29) is 23.4 Å². The molecule has 0 saturated carbocycles. The highest BCUT2D eigenvalue weighted by atomic mass is 19.4. The third-order valence-electron chi connectivity index (χ3n) is 6.67. The Hall–Kier alpha value is -4.74. The summed E-state index contributed by atoms with van der Waals surface area (Å²) in [7, 11) is 4.47. The number of carbonyl (C=O) groups is 1. The van der Waals surface area contributed by atoms with Crippen molar-refractivity contribution in [1.82, 2.24) is 24.9 Å². The Kier molecular flexibility index (Phi) is 7.01. The second kappa shape index (κ2) is 10.4. The second-order valence-electron chi connectivity index (χ2n) is 9.03. The number of H-pyrrole nitrogens is 1. The van der Waals surface area contributed by atoms with E-state index in [9.17, 15) is 18.0 Å². The van der Waals surface area contributed by atoms with Gasteiger partial charge in [-0.3, -0.25) is 4.79 Å². The summed E-state index contributed by atoms with van der Waals surface area (Å²) in [5.41, 5.74) is 1.88. The quantitative estimate of drug-likeness (QED) is 0.274. The molecule has 0 atom stereocenters. The van der Waals surface area contributed by atoms with Gasteiger partial charge in [-0.15, -0.1) is 0 Å². The van der Waals surface area contributed by atoms with Crippen LogP contribution in [0.4, 0.5) is 13.2 Å². The van der Waals surface area contributed by atoms with Gasteiger partial charge in [-0.2, -0.15) is 18.3 Å². The molecule has 0 saturated heterocycles. The maximum atomic E-state index is 14.0. The molecule has 3 heterocycles. The van der Waals surface area contributed by atoms with Gasteiger partial charge in [-0.05, 0) is 61.4 Å². The zero-order chi connectivity index (χ0) is 28.6. The Labute approximate surface area is 226 Å². The van der Waals surface area contributed by atoms with Gasteiger partial charge >= 0.3 is 6.18 Å². The van der Waals surface area contributed by atoms with Gasteiger partial charge in [0.2, 0.25) is 0 Å². The molecule has 1 amide bonds. The third-order valence-corrected chi connectivity index (χ3v) is 6.67. The van der Waals surface area contributed by atoms with Crippen LogP contribution in [-0.2, 0) is 12.6 Å². The fourth-order valence-electron chi connectivity index (χ4n) is 4.68. The molecule has 40 heavy (non-hydrogen) atoms. The number of hydrogen-bond donors (Lipinski definition) is 2. The minimum Gasteiger partial charge on any atom is -0.497 e. The number of hydrogen-bond acceptors (Lipinski definition) is 6. The molecule has 3 aromatic heterocycles. The van der Waals surface area contributed by atoms with Gasteiger partial charge in [0.1, 0.15) is 11.3 Å². The summed E-state index contributed by atoms with van der Waals surface area (Å²) in [4.78, 5) is 20.8. The number of ether oxygens (including phenoxy) is 3. The number of nitrogens with one attached hydrogen (secondary N) is 2. The number of alkyl halides is 3. The van der Waals surface area contributed by atoms with Crippen molar-refractivity contribution >= 4 is 22.5 Å². The molecule has 0 radical (unpaired) electrons. The molecule has 0 bridgehead atoms. The normalized spacial score (nSPS) is 11.7. The summed E-state index contributed by atoms with van der Waals surface area (Å²) >= 11 is 0. The van der Waals surface area contributed by atoms with Crippen LogP contribution in [0.5, 0.6) is 17.2 Å². The van der Waals surface area contributed by atoms with Crippen LogP contribution in [0.25, 0.3) is 27.8 Å². The van der Waals surface area contributed by atoms with Crippen molar-refractivity contribution in [3.63, 3.8) is 0 Å². The van der Waals surface area contributed by atoms with Crippen LogP contribution >= 0.6 is 0 Å². The zero-order valence-electron chi connectivity index (χ0n) is 22.1. The molecule has 208 valence electrons. The number of rotatable bonds is 8. The number of aromatic amines is 1. The van der Waals surface area contributed by atoms with E-state index in [0.29, 0.717) is 33.7 Å². The molecule has 0 aliphatic heterocycles. The summed E-state index contributed by atoms with van der Waals surface area (Å²) in [6.07, 6.45) is -3.17. The van der Waals surface area contributed by atoms with E-state index in [4.69, 9.17) is 14.2 Å². The smallest absolute Gasteiger partial charge is 0.433 e. The van der Waals surface area contributed by atoms with Gasteiger partial charge in [0.15, 0.2) is 22.8 Å². The minimum absolute atomic E-state index is 0.00121. The molecular weight excluding hydrogens is 527 g/mol. The highest BCUT2D eigenvalue weighted by Crippen LogP contribution is 2.36. The van der Waals surface area contributed by atoms with Crippen LogP contribution in [0.2, 0.25) is 0 Å². The van der Waals surface area contributed by atoms with E-state index >= 15 is 0 Å². The predicted octanol–water partition coefficient (Wildman–Crippen LogP) is 5.20. The van der Waals surface area contributed by atoms with Crippen LogP contribution in [0.15, 0.2) is 48.7 Å². The van der Waals surface area contributed by atoms with Gasteiger partial charge in [0.25, 0.3) is 5.91 Å². The summed E-state index contributed by atoms with van der Waals surface area (Å²) in [6.45, 7) is 2.18. The number of benzene rings is 2. The molecule has 5 rings (SSSR count). The van der Waals surface area contributed by atoms with Crippen LogP contribution in [0.3, 0.4) is 0 Å². The van der Waals surface area contributed by atoms with Gasteiger partial charge in [-0.25, -0.2) is 9.50 Å². The van der Waals surface area contributed by atoms with Gasteiger partial charge in [0, 0.05) is 28.7 Å². The number of carbonyl (C=O) groups excluding carboxylic acids is 1. The van der Waals surface area contributed by atoms with Crippen molar-refractivity contribution in [2.45, 2.75) is 19.5 Å². The van der Waals surface area contributed by atoms with E-state index in [1.54, 1.807) is 19.2 Å². The average molecular weight is 554 g/mol. The van der Waals surface area contributed by atoms with E-state index in [1.165, 1.54) is 20.3 Å². The summed E-state index contributed by atoms with van der Waals surface area (Å²) < 4.78 is 58.5. The highest BCUT2D eigenvalue weighted by Gasteiger charge is 2.36. The molecule has 9 nitrogen and oxygen atoms in total. The van der Waals surface area contributed by atoms with E-state index in [1.807, 2.05) is 25.1 Å². The molecule has 2 N–H and O–H groups in total. The van der Waals surface area contributed by atoms with Crippen molar-refractivity contribution in [2.24, 2.45) is 0 Å². The summed E-state index contributed by atoms with van der Waals surface area (Å²) in [5.74, 6) is 0.860. The number of halogens is 3. The first kappa shape index (κ1) is 26.9. The first-order valence-corrected chi connectivity index (χ1v) is 12.3. The van der Waals surface area contributed by atoms with Crippen molar-refractivity contribution in [3.05, 3.63) is 71.2 Å². The van der Waals surface area contributed by atoms with Crippen LogP contribution in [0.1, 0.15) is 27.3 Å². The Morgan fingerprint density at radius 3 is 2.50 bits per heavy atom. The lowest BCUT2D eigenvalue weighted by molar-refractivity contribution is -0.142. The maximum Gasteiger partial charge on any atom is 0.433 e. The SMILES string of the molecule is COc1ccc2[nH]c(C)c(CCNC(=O)c3cnn4c(C(F)(F)F)cc(-c5ccc(OC)c(OC)c5)nc34)c2c1. The van der Waals surface area contributed by atoms with E-state index < -0.39 is 17.8 Å². The average Bonchev–Trinajstić information content (AvgIpc) is 3.51. The molecule has 2 aromatic carbocycles. The van der Waals surface area contributed by atoms with Crippen LogP contribution in [-0.4, -0.2) is 53.4 Å². The lowest BCUT2D eigenvalue weighted by Crippen LogP contribution is -2.26. The van der Waals surface area contributed by atoms with Crippen molar-refractivity contribution in [3.8, 4) is 28.5 Å². The third kappa shape index (κ3) is 4.88. The zero-order valence-corrected chi connectivity index (χ0v) is 22.1. The van der Waals surface area contributed by atoms with Crippen molar-refractivity contribution in [2.75, 3.05) is 27.9 Å². The monoisotopic (exact) mass is 553 g/mol. The fraction of sp³-hybridized carbons (Fsp3) is 0.250. The molecule has 0 spiro atoms. The lowest BCUT2D eigenvalue weighted by Gasteiger charge is -2.13. The standard InChI is InChI=1S/C28H26F3N5O4/c1-15-18(19-12-17(38-2)6-7-21(19)34-15)9-10-32-27(37)20-14-33-36-25(28(29,30)31)13-22(35-26(20)36)16-5-8-23(39-3)24(11-16)40-4/h5-8,11-14,34H,9-10H2,1-4H3,(H,32,37). The van der Waals surface area contributed by atoms with Gasteiger partial charge < -0.3 is 24.5 Å².